The molecule has 0 aromatic heterocycles. The van der Waals surface area contributed by atoms with Gasteiger partial charge in [-0.3, -0.25) is 5.41 Å². The first kappa shape index (κ1) is 14.2. The monoisotopic (exact) mass is 227 g/mol. The molecule has 0 saturated carbocycles. The van der Waals surface area contributed by atoms with Gasteiger partial charge in [-0.1, -0.05) is 6.58 Å². The molecular weight excluding hydrogens is 210 g/mol. The van der Waals surface area contributed by atoms with Crippen LogP contribution >= 0.6 is 0 Å². The molecule has 0 spiro atoms. The second-order valence-corrected chi connectivity index (χ2v) is 2.94. The number of ether oxygens (including phenoxy) is 1. The number of aliphatic hydroxyl groups excluding tert-OH is 1. The van der Waals surface area contributed by atoms with Gasteiger partial charge in [0.2, 0.25) is 0 Å². The summed E-state index contributed by atoms with van der Waals surface area (Å²) in [6.07, 6.45) is 3.01. The van der Waals surface area contributed by atoms with Crippen molar-refractivity contribution in [3.8, 4) is 0 Å². The molecular formula is C10H17N3O3. The Morgan fingerprint density at radius 2 is 2.06 bits per heavy atom. The summed E-state index contributed by atoms with van der Waals surface area (Å²) in [4.78, 5) is 4.32. The molecule has 6 nitrogen and oxygen atoms in total. The molecule has 6 heteroatoms. The lowest BCUT2D eigenvalue weighted by Gasteiger charge is -2.05. The number of nitrogens with one attached hydrogen (secondary N) is 1. The van der Waals surface area contributed by atoms with E-state index in [-0.39, 0.29) is 23.8 Å². The number of aliphatic hydroxyl groups is 1. The number of hydrogen-bond donors (Lipinski definition) is 4. The van der Waals surface area contributed by atoms with Gasteiger partial charge in [-0.25, -0.2) is 5.90 Å². The van der Waals surface area contributed by atoms with Crippen LogP contribution < -0.4 is 11.6 Å². The number of hydrogen-bond acceptors (Lipinski definition) is 5. The van der Waals surface area contributed by atoms with Crippen molar-refractivity contribution in [2.75, 3.05) is 13.2 Å². The predicted molar refractivity (Wildman–Crippen MR) is 61.6 cm³/mol. The van der Waals surface area contributed by atoms with Crippen LogP contribution in [0.25, 0.3) is 0 Å². The Kier molecular flexibility index (Phi) is 6.66. The van der Waals surface area contributed by atoms with Crippen molar-refractivity contribution >= 4 is 5.84 Å². The highest BCUT2D eigenvalue weighted by Crippen LogP contribution is 2.05. The van der Waals surface area contributed by atoms with Gasteiger partial charge in [-0.15, -0.1) is 0 Å². The summed E-state index contributed by atoms with van der Waals surface area (Å²) in [7, 11) is 0. The predicted octanol–water partition coefficient (Wildman–Crippen LogP) is 0.731. The second kappa shape index (κ2) is 7.49. The average molecular weight is 227 g/mol. The van der Waals surface area contributed by atoms with Gasteiger partial charge >= 0.3 is 0 Å². The van der Waals surface area contributed by atoms with E-state index in [1.165, 1.54) is 6.08 Å². The first-order valence-corrected chi connectivity index (χ1v) is 4.54. The maximum Gasteiger partial charge on any atom is 0.126 e. The van der Waals surface area contributed by atoms with Gasteiger partial charge in [0.1, 0.15) is 24.8 Å². The molecule has 90 valence electrons. The quantitative estimate of drug-likeness (QED) is 0.128. The largest absolute Gasteiger partial charge is 0.508 e. The van der Waals surface area contributed by atoms with Crippen molar-refractivity contribution in [3.63, 3.8) is 0 Å². The molecule has 0 aromatic carbocycles. The molecule has 0 aliphatic carbocycles. The summed E-state index contributed by atoms with van der Waals surface area (Å²) in [5, 5.41) is 16.3. The number of amidine groups is 1. The van der Waals surface area contributed by atoms with Crippen molar-refractivity contribution in [1.29, 1.82) is 5.41 Å². The molecule has 0 rings (SSSR count). The van der Waals surface area contributed by atoms with Crippen molar-refractivity contribution in [1.82, 2.24) is 0 Å². The van der Waals surface area contributed by atoms with Gasteiger partial charge in [0.05, 0.1) is 11.3 Å². The highest BCUT2D eigenvalue weighted by atomic mass is 16.6. The van der Waals surface area contributed by atoms with E-state index in [2.05, 4.69) is 11.4 Å². The van der Waals surface area contributed by atoms with Crippen LogP contribution in [0.1, 0.15) is 6.92 Å². The summed E-state index contributed by atoms with van der Waals surface area (Å²) in [5.74, 6) is 4.87. The summed E-state index contributed by atoms with van der Waals surface area (Å²) in [6, 6.07) is 0. The standard InChI is InChI=1S/C10H17N3O3/c1-7(15-5-6-16-13)3-4-9(8(2)14)10(11)12/h3-4,14H,2,5-6,13H2,1H3,(H3,11,12)/b7-3+,9-4+. The fourth-order valence-corrected chi connectivity index (χ4v) is 0.841. The molecule has 0 saturated heterocycles. The zero-order chi connectivity index (χ0) is 12.6. The molecule has 0 atom stereocenters. The minimum atomic E-state index is -0.262. The Morgan fingerprint density at radius 1 is 1.44 bits per heavy atom. The van der Waals surface area contributed by atoms with Crippen molar-refractivity contribution in [3.05, 3.63) is 35.8 Å². The van der Waals surface area contributed by atoms with E-state index in [1.54, 1.807) is 13.0 Å². The molecule has 16 heavy (non-hydrogen) atoms. The van der Waals surface area contributed by atoms with Crippen molar-refractivity contribution in [2.45, 2.75) is 6.92 Å². The maximum atomic E-state index is 9.12. The van der Waals surface area contributed by atoms with Gasteiger partial charge in [0.25, 0.3) is 0 Å². The van der Waals surface area contributed by atoms with Crippen LogP contribution in [0, 0.1) is 5.41 Å². The van der Waals surface area contributed by atoms with Crippen LogP contribution in [0.4, 0.5) is 0 Å². The highest BCUT2D eigenvalue weighted by molar-refractivity contribution is 5.98. The lowest BCUT2D eigenvalue weighted by atomic mass is 10.2. The van der Waals surface area contributed by atoms with E-state index < -0.39 is 0 Å². The number of nitrogens with two attached hydrogens (primary N) is 2. The fourth-order valence-electron chi connectivity index (χ4n) is 0.841. The fraction of sp³-hybridized carbons (Fsp3) is 0.300. The first-order chi connectivity index (χ1) is 7.49. The van der Waals surface area contributed by atoms with Crippen molar-refractivity contribution < 1.29 is 14.7 Å². The average Bonchev–Trinajstić information content (AvgIpc) is 2.17. The number of rotatable bonds is 7. The molecule has 0 fully saturated rings. The van der Waals surface area contributed by atoms with Crippen molar-refractivity contribution in [2.24, 2.45) is 11.6 Å². The van der Waals surface area contributed by atoms with E-state index in [4.69, 9.17) is 26.9 Å². The van der Waals surface area contributed by atoms with Crippen LogP contribution in [0.5, 0.6) is 0 Å². The maximum absolute atomic E-state index is 9.12. The lowest BCUT2D eigenvalue weighted by Crippen LogP contribution is -2.14. The Morgan fingerprint density at radius 3 is 2.50 bits per heavy atom. The second-order valence-electron chi connectivity index (χ2n) is 2.94. The Balaban J connectivity index is 4.44. The Hall–Kier alpha value is -1.79. The minimum Gasteiger partial charge on any atom is -0.508 e. The molecule has 6 N–H and O–H groups in total. The molecule has 0 amide bonds. The van der Waals surface area contributed by atoms with E-state index in [9.17, 15) is 0 Å². The zero-order valence-corrected chi connectivity index (χ0v) is 9.19. The summed E-state index contributed by atoms with van der Waals surface area (Å²) in [5.41, 5.74) is 5.38. The summed E-state index contributed by atoms with van der Waals surface area (Å²) in [6.45, 7) is 5.60. The van der Waals surface area contributed by atoms with Gasteiger partial charge in [-0.05, 0) is 19.1 Å². The molecule has 0 aliphatic rings. The summed E-state index contributed by atoms with van der Waals surface area (Å²) >= 11 is 0. The van der Waals surface area contributed by atoms with Crippen LogP contribution in [-0.2, 0) is 9.57 Å². The van der Waals surface area contributed by atoms with Crippen LogP contribution in [0.3, 0.4) is 0 Å². The van der Waals surface area contributed by atoms with Crippen LogP contribution in [0.15, 0.2) is 35.8 Å². The molecule has 0 aromatic rings. The minimum absolute atomic E-state index is 0.151. The third kappa shape index (κ3) is 5.84. The smallest absolute Gasteiger partial charge is 0.126 e. The molecule has 0 radical (unpaired) electrons. The van der Waals surface area contributed by atoms with Crippen LogP contribution in [-0.4, -0.2) is 24.2 Å². The van der Waals surface area contributed by atoms with Gasteiger partial charge in [0, 0.05) is 0 Å². The Bertz CT molecular complexity index is 305. The first-order valence-electron chi connectivity index (χ1n) is 4.54. The normalized spacial score (nSPS) is 12.4. The van der Waals surface area contributed by atoms with E-state index >= 15 is 0 Å². The third-order valence-corrected chi connectivity index (χ3v) is 1.62. The highest BCUT2D eigenvalue weighted by Gasteiger charge is 2.02. The molecule has 0 bridgehead atoms. The lowest BCUT2D eigenvalue weighted by molar-refractivity contribution is 0.0770. The van der Waals surface area contributed by atoms with E-state index in [1.807, 2.05) is 0 Å². The third-order valence-electron chi connectivity index (χ3n) is 1.62. The SMILES string of the molecule is C=C(O)/C(=C\C=C(/C)OCCON)C(=N)N. The zero-order valence-electron chi connectivity index (χ0n) is 9.19. The van der Waals surface area contributed by atoms with Crippen LogP contribution in [0.2, 0.25) is 0 Å². The van der Waals surface area contributed by atoms with E-state index in [0.29, 0.717) is 12.4 Å². The number of allylic oxidation sites excluding steroid dienone is 3. The van der Waals surface area contributed by atoms with E-state index in [0.717, 1.165) is 0 Å². The molecule has 0 unspecified atom stereocenters. The van der Waals surface area contributed by atoms with Gasteiger partial charge < -0.3 is 20.4 Å². The molecule has 0 aliphatic heterocycles. The topological polar surface area (TPSA) is 115 Å². The summed E-state index contributed by atoms with van der Waals surface area (Å²) < 4.78 is 5.18. The van der Waals surface area contributed by atoms with Gasteiger partial charge in [-0.2, -0.15) is 0 Å². The Labute approximate surface area is 94.3 Å². The molecule has 0 heterocycles. The van der Waals surface area contributed by atoms with Gasteiger partial charge in [0.15, 0.2) is 0 Å².